The number of carboxylic acids is 1. The minimum atomic E-state index is -0.739. The van der Waals surface area contributed by atoms with Gasteiger partial charge in [-0.15, -0.1) is 0 Å². The fourth-order valence-corrected chi connectivity index (χ4v) is 3.29. The van der Waals surface area contributed by atoms with Crippen LogP contribution in [0.25, 0.3) is 5.69 Å². The summed E-state index contributed by atoms with van der Waals surface area (Å²) >= 11 is 0. The summed E-state index contributed by atoms with van der Waals surface area (Å²) < 4.78 is 1.83. The minimum Gasteiger partial charge on any atom is -0.481 e. The van der Waals surface area contributed by atoms with Crippen LogP contribution in [0, 0.1) is 6.92 Å². The molecular formula is C16H18N2O2. The Bertz CT molecular complexity index is 625. The largest absolute Gasteiger partial charge is 0.481 e. The van der Waals surface area contributed by atoms with E-state index in [-0.39, 0.29) is 0 Å². The molecule has 1 aliphatic rings. The van der Waals surface area contributed by atoms with E-state index in [4.69, 9.17) is 0 Å². The number of hydrogen-bond acceptors (Lipinski definition) is 2. The van der Waals surface area contributed by atoms with Crippen molar-refractivity contribution in [2.45, 2.75) is 38.0 Å². The summed E-state index contributed by atoms with van der Waals surface area (Å²) in [4.78, 5) is 11.8. The van der Waals surface area contributed by atoms with Gasteiger partial charge in [-0.05, 0) is 31.9 Å². The van der Waals surface area contributed by atoms with Gasteiger partial charge in [-0.1, -0.05) is 31.0 Å². The van der Waals surface area contributed by atoms with Crippen LogP contribution in [-0.2, 0) is 10.2 Å². The van der Waals surface area contributed by atoms with Crippen molar-refractivity contribution in [3.05, 3.63) is 47.8 Å². The standard InChI is InChI=1S/C16H18N2O2/c1-12-14(16(15(19)20)9-5-6-10-16)11-17-18(12)13-7-3-2-4-8-13/h2-4,7-8,11H,5-6,9-10H2,1H3,(H,19,20). The Labute approximate surface area is 118 Å². The van der Waals surface area contributed by atoms with Crippen molar-refractivity contribution in [1.29, 1.82) is 0 Å². The molecule has 1 saturated carbocycles. The van der Waals surface area contributed by atoms with Gasteiger partial charge in [0.05, 0.1) is 17.3 Å². The summed E-state index contributed by atoms with van der Waals surface area (Å²) in [5.41, 5.74) is 2.03. The SMILES string of the molecule is Cc1c(C2(C(=O)O)CCCC2)cnn1-c1ccccc1. The molecule has 1 fully saturated rings. The van der Waals surface area contributed by atoms with Gasteiger partial charge in [-0.2, -0.15) is 5.10 Å². The van der Waals surface area contributed by atoms with Crippen molar-refractivity contribution in [2.75, 3.05) is 0 Å². The maximum absolute atomic E-state index is 11.8. The fraction of sp³-hybridized carbons (Fsp3) is 0.375. The van der Waals surface area contributed by atoms with Gasteiger partial charge < -0.3 is 5.11 Å². The van der Waals surface area contributed by atoms with Crippen LogP contribution in [0.2, 0.25) is 0 Å². The maximum Gasteiger partial charge on any atom is 0.314 e. The minimum absolute atomic E-state index is 0.712. The van der Waals surface area contributed by atoms with E-state index in [2.05, 4.69) is 5.10 Å². The number of carbonyl (C=O) groups is 1. The van der Waals surface area contributed by atoms with Crippen LogP contribution >= 0.6 is 0 Å². The zero-order valence-electron chi connectivity index (χ0n) is 11.5. The predicted molar refractivity (Wildman–Crippen MR) is 76.1 cm³/mol. The Hall–Kier alpha value is -2.10. The number of aromatic nitrogens is 2. The molecule has 4 heteroatoms. The van der Waals surface area contributed by atoms with Gasteiger partial charge in [0.25, 0.3) is 0 Å². The number of aliphatic carboxylic acids is 1. The highest BCUT2D eigenvalue weighted by Gasteiger charge is 2.45. The average Bonchev–Trinajstić information content (AvgIpc) is 3.07. The lowest BCUT2D eigenvalue weighted by molar-refractivity contribution is -0.143. The third-order valence-corrected chi connectivity index (χ3v) is 4.39. The molecule has 3 rings (SSSR count). The van der Waals surface area contributed by atoms with Crippen LogP contribution in [0.4, 0.5) is 0 Å². The second kappa shape index (κ2) is 4.78. The van der Waals surface area contributed by atoms with Gasteiger partial charge >= 0.3 is 5.97 Å². The van der Waals surface area contributed by atoms with E-state index in [0.29, 0.717) is 12.8 Å². The molecule has 1 N–H and O–H groups in total. The van der Waals surface area contributed by atoms with Crippen molar-refractivity contribution in [3.63, 3.8) is 0 Å². The van der Waals surface area contributed by atoms with Gasteiger partial charge in [-0.25, -0.2) is 4.68 Å². The Kier molecular flexibility index (Phi) is 3.08. The van der Waals surface area contributed by atoms with Gasteiger partial charge in [0.1, 0.15) is 0 Å². The number of carboxylic acid groups (broad SMARTS) is 1. The number of para-hydroxylation sites is 1. The first kappa shape index (κ1) is 12.9. The van der Waals surface area contributed by atoms with Crippen LogP contribution < -0.4 is 0 Å². The molecule has 1 heterocycles. The molecule has 1 aliphatic carbocycles. The van der Waals surface area contributed by atoms with Crippen molar-refractivity contribution < 1.29 is 9.90 Å². The molecular weight excluding hydrogens is 252 g/mol. The first-order valence-corrected chi connectivity index (χ1v) is 6.99. The lowest BCUT2D eigenvalue weighted by Gasteiger charge is -2.23. The molecule has 0 bridgehead atoms. The van der Waals surface area contributed by atoms with E-state index < -0.39 is 11.4 Å². The van der Waals surface area contributed by atoms with Crippen molar-refractivity contribution in [3.8, 4) is 5.69 Å². The lowest BCUT2D eigenvalue weighted by Crippen LogP contribution is -2.33. The number of benzene rings is 1. The van der Waals surface area contributed by atoms with E-state index in [0.717, 1.165) is 29.8 Å². The smallest absolute Gasteiger partial charge is 0.314 e. The molecule has 0 saturated heterocycles. The van der Waals surface area contributed by atoms with Crippen LogP contribution in [0.15, 0.2) is 36.5 Å². The molecule has 1 aromatic heterocycles. The monoisotopic (exact) mass is 270 g/mol. The Morgan fingerprint density at radius 3 is 2.50 bits per heavy atom. The van der Waals surface area contributed by atoms with E-state index >= 15 is 0 Å². The number of nitrogens with zero attached hydrogens (tertiary/aromatic N) is 2. The molecule has 1 aromatic carbocycles. The Balaban J connectivity index is 2.09. The predicted octanol–water partition coefficient (Wildman–Crippen LogP) is 3.08. The van der Waals surface area contributed by atoms with Gasteiger partial charge in [0.2, 0.25) is 0 Å². The highest BCUT2D eigenvalue weighted by Crippen LogP contribution is 2.42. The molecule has 0 unspecified atom stereocenters. The zero-order chi connectivity index (χ0) is 14.2. The molecule has 2 aromatic rings. The van der Waals surface area contributed by atoms with Crippen LogP contribution in [0.5, 0.6) is 0 Å². The maximum atomic E-state index is 11.8. The highest BCUT2D eigenvalue weighted by atomic mass is 16.4. The Morgan fingerprint density at radius 1 is 1.25 bits per heavy atom. The second-order valence-corrected chi connectivity index (χ2v) is 5.49. The normalized spacial score (nSPS) is 17.2. The van der Waals surface area contributed by atoms with Crippen LogP contribution in [0.3, 0.4) is 0 Å². The zero-order valence-corrected chi connectivity index (χ0v) is 11.5. The van der Waals surface area contributed by atoms with Gasteiger partial charge in [0.15, 0.2) is 0 Å². The summed E-state index contributed by atoms with van der Waals surface area (Å²) in [7, 11) is 0. The van der Waals surface area contributed by atoms with E-state index in [1.807, 2.05) is 41.9 Å². The topological polar surface area (TPSA) is 55.1 Å². The third kappa shape index (κ3) is 1.83. The average molecular weight is 270 g/mol. The van der Waals surface area contributed by atoms with Gasteiger partial charge in [-0.3, -0.25) is 4.79 Å². The van der Waals surface area contributed by atoms with Crippen molar-refractivity contribution >= 4 is 5.97 Å². The first-order chi connectivity index (χ1) is 9.65. The van der Waals surface area contributed by atoms with Crippen LogP contribution in [-0.4, -0.2) is 20.9 Å². The first-order valence-electron chi connectivity index (χ1n) is 6.99. The summed E-state index contributed by atoms with van der Waals surface area (Å²) in [6.07, 6.45) is 5.11. The molecule has 0 aliphatic heterocycles. The fourth-order valence-electron chi connectivity index (χ4n) is 3.29. The van der Waals surface area contributed by atoms with E-state index in [1.165, 1.54) is 0 Å². The molecule has 0 amide bonds. The van der Waals surface area contributed by atoms with Crippen LogP contribution in [0.1, 0.15) is 36.9 Å². The van der Waals surface area contributed by atoms with E-state index in [9.17, 15) is 9.90 Å². The molecule has 104 valence electrons. The second-order valence-electron chi connectivity index (χ2n) is 5.49. The summed E-state index contributed by atoms with van der Waals surface area (Å²) in [6, 6.07) is 9.83. The van der Waals surface area contributed by atoms with Gasteiger partial charge in [0, 0.05) is 11.3 Å². The summed E-state index contributed by atoms with van der Waals surface area (Å²) in [5.74, 6) is -0.717. The number of hydrogen-bond donors (Lipinski definition) is 1. The summed E-state index contributed by atoms with van der Waals surface area (Å²) in [5, 5.41) is 14.1. The highest BCUT2D eigenvalue weighted by molar-refractivity contribution is 5.82. The molecule has 20 heavy (non-hydrogen) atoms. The molecule has 0 atom stereocenters. The Morgan fingerprint density at radius 2 is 1.90 bits per heavy atom. The quantitative estimate of drug-likeness (QED) is 0.932. The molecule has 4 nitrogen and oxygen atoms in total. The lowest BCUT2D eigenvalue weighted by atomic mass is 9.79. The summed E-state index contributed by atoms with van der Waals surface area (Å²) in [6.45, 7) is 1.96. The van der Waals surface area contributed by atoms with Crippen molar-refractivity contribution in [2.24, 2.45) is 0 Å². The van der Waals surface area contributed by atoms with Crippen molar-refractivity contribution in [1.82, 2.24) is 9.78 Å². The third-order valence-electron chi connectivity index (χ3n) is 4.39. The molecule has 0 radical (unpaired) electrons. The molecule has 0 spiro atoms. The van der Waals surface area contributed by atoms with E-state index in [1.54, 1.807) is 6.20 Å². The number of rotatable bonds is 3.